The van der Waals surface area contributed by atoms with Crippen LogP contribution in [0.25, 0.3) is 11.8 Å². The maximum Gasteiger partial charge on any atom is 0.306 e. The lowest BCUT2D eigenvalue weighted by atomic mass is 9.44. The Bertz CT molecular complexity index is 1890. The predicted molar refractivity (Wildman–Crippen MR) is 187 cm³/mol. The van der Waals surface area contributed by atoms with Crippen LogP contribution in [0.15, 0.2) is 36.0 Å². The average molecular weight is 718 g/mol. The lowest BCUT2D eigenvalue weighted by Gasteiger charge is -2.63. The minimum atomic E-state index is -2.03. The number of fused-ring (bicyclic) bond motifs is 6. The van der Waals surface area contributed by atoms with Gasteiger partial charge in [-0.15, -0.1) is 0 Å². The quantitative estimate of drug-likeness (QED) is 0.387. The highest BCUT2D eigenvalue weighted by atomic mass is 32.2. The molecule has 0 spiro atoms. The number of nitriles is 1. The number of nitrogens with zero attached hydrogens (tertiary/aromatic N) is 4. The van der Waals surface area contributed by atoms with E-state index in [1.54, 1.807) is 36.0 Å². The number of esters is 1. The van der Waals surface area contributed by atoms with Gasteiger partial charge < -0.3 is 20.5 Å². The van der Waals surface area contributed by atoms with Crippen molar-refractivity contribution in [3.05, 3.63) is 52.9 Å². The Morgan fingerprint density at radius 2 is 1.98 bits per heavy atom. The molecule has 1 saturated heterocycles. The zero-order valence-corrected chi connectivity index (χ0v) is 30.0. The van der Waals surface area contributed by atoms with Crippen LogP contribution in [0.1, 0.15) is 93.8 Å². The van der Waals surface area contributed by atoms with Gasteiger partial charge in [0.15, 0.2) is 5.60 Å². The summed E-state index contributed by atoms with van der Waals surface area (Å²) in [6.45, 7) is 5.85. The Morgan fingerprint density at radius 3 is 2.71 bits per heavy atom. The predicted octanol–water partition coefficient (Wildman–Crippen LogP) is 4.68. The van der Waals surface area contributed by atoms with E-state index in [4.69, 9.17) is 10.5 Å². The Kier molecular flexibility index (Phi) is 8.73. The van der Waals surface area contributed by atoms with Crippen LogP contribution >= 0.6 is 11.8 Å². The molecule has 8 atom stereocenters. The number of rotatable bonds is 7. The van der Waals surface area contributed by atoms with Crippen LogP contribution in [0.2, 0.25) is 0 Å². The number of halogens is 1. The normalized spacial score (nSPS) is 35.1. The summed E-state index contributed by atoms with van der Waals surface area (Å²) in [5.74, 6) is -2.36. The molecule has 2 aromatic rings. The van der Waals surface area contributed by atoms with Crippen LogP contribution in [0.5, 0.6) is 0 Å². The van der Waals surface area contributed by atoms with Crippen LogP contribution in [0, 0.1) is 34.0 Å². The fourth-order valence-electron chi connectivity index (χ4n) is 10.5. The zero-order valence-electron chi connectivity index (χ0n) is 29.2. The van der Waals surface area contributed by atoms with E-state index in [1.807, 2.05) is 32.1 Å². The lowest BCUT2D eigenvalue weighted by Crippen LogP contribution is -2.70. The number of hydrogen-bond donors (Lipinski definition) is 2. The fourth-order valence-corrected chi connectivity index (χ4v) is 11.3. The van der Waals surface area contributed by atoms with Gasteiger partial charge in [0.05, 0.1) is 35.5 Å². The van der Waals surface area contributed by atoms with Crippen LogP contribution in [0.3, 0.4) is 0 Å². The lowest BCUT2D eigenvalue weighted by molar-refractivity contribution is -0.228. The van der Waals surface area contributed by atoms with E-state index >= 15 is 4.39 Å². The van der Waals surface area contributed by atoms with Crippen molar-refractivity contribution >= 4 is 40.7 Å². The SMILES string of the molecule is CCC(=O)O[C@]1(C(=O)SCC#N)CC[C@H]2[C@@H]3CCC4=Cc5c(cnn5-c5cccc(C(=O)N6CCC[C@@H]6C(N)=O)c5)C[C@]4(C)[C@@]3(F)[C@@H](O)C[C@@]21C. The third-order valence-corrected chi connectivity index (χ3v) is 13.9. The molecule has 4 aliphatic carbocycles. The molecule has 1 aromatic heterocycles. The molecule has 4 fully saturated rings. The molecule has 13 heteroatoms. The maximum atomic E-state index is 18.3. The van der Waals surface area contributed by atoms with Gasteiger partial charge >= 0.3 is 5.97 Å². The second-order valence-corrected chi connectivity index (χ2v) is 16.3. The summed E-state index contributed by atoms with van der Waals surface area (Å²) in [6, 6.07) is 8.41. The summed E-state index contributed by atoms with van der Waals surface area (Å²) >= 11 is 0.818. The van der Waals surface area contributed by atoms with Crippen molar-refractivity contribution in [3.8, 4) is 11.8 Å². The van der Waals surface area contributed by atoms with E-state index < -0.39 is 57.2 Å². The number of carbonyl (C=O) groups is 4. The van der Waals surface area contributed by atoms with Gasteiger partial charge in [-0.1, -0.05) is 44.2 Å². The number of aromatic nitrogens is 2. The molecule has 2 heterocycles. The van der Waals surface area contributed by atoms with Crippen LogP contribution in [0.4, 0.5) is 4.39 Å². The molecule has 5 aliphatic rings. The molecule has 7 rings (SSSR count). The van der Waals surface area contributed by atoms with E-state index in [9.17, 15) is 29.5 Å². The molecule has 3 N–H and O–H groups in total. The number of aliphatic hydroxyl groups is 1. The summed E-state index contributed by atoms with van der Waals surface area (Å²) in [7, 11) is 0. The van der Waals surface area contributed by atoms with Crippen LogP contribution < -0.4 is 5.73 Å². The maximum absolute atomic E-state index is 18.3. The highest BCUT2D eigenvalue weighted by molar-refractivity contribution is 8.14. The van der Waals surface area contributed by atoms with Crippen molar-refractivity contribution in [2.24, 2.45) is 28.4 Å². The minimum Gasteiger partial charge on any atom is -0.449 e. The number of alkyl halides is 1. The van der Waals surface area contributed by atoms with E-state index in [-0.39, 0.29) is 36.8 Å². The Labute approximate surface area is 300 Å². The molecule has 3 saturated carbocycles. The first-order valence-corrected chi connectivity index (χ1v) is 18.9. The fraction of sp³-hybridized carbons (Fsp3) is 0.579. The summed E-state index contributed by atoms with van der Waals surface area (Å²) in [5, 5.41) is 25.5. The molecular weight excluding hydrogens is 674 g/mol. The number of primary amides is 1. The number of carbonyl (C=O) groups excluding carboxylic acids is 4. The molecule has 270 valence electrons. The molecule has 51 heavy (non-hydrogen) atoms. The highest BCUT2D eigenvalue weighted by Crippen LogP contribution is 2.71. The second-order valence-electron chi connectivity index (χ2n) is 15.3. The molecular formula is C38H44FN5O6S. The van der Waals surface area contributed by atoms with Gasteiger partial charge in [-0.2, -0.15) is 10.4 Å². The molecule has 0 radical (unpaired) electrons. The number of aliphatic hydroxyl groups excluding tert-OH is 1. The number of likely N-dealkylation sites (tertiary alicyclic amines) is 1. The topological polar surface area (TPSA) is 169 Å². The largest absolute Gasteiger partial charge is 0.449 e. The third kappa shape index (κ3) is 5.03. The molecule has 1 aliphatic heterocycles. The van der Waals surface area contributed by atoms with Crippen molar-refractivity contribution in [1.29, 1.82) is 5.26 Å². The van der Waals surface area contributed by atoms with E-state index in [2.05, 4.69) is 5.10 Å². The number of thioether (sulfide) groups is 1. The summed E-state index contributed by atoms with van der Waals surface area (Å²) in [6.07, 6.45) is 5.47. The second kappa shape index (κ2) is 12.6. The van der Waals surface area contributed by atoms with Gasteiger partial charge in [0.25, 0.3) is 5.91 Å². The highest BCUT2D eigenvalue weighted by Gasteiger charge is 2.76. The first-order valence-electron chi connectivity index (χ1n) is 17.9. The molecule has 1 aromatic carbocycles. The summed E-state index contributed by atoms with van der Waals surface area (Å²) in [5.41, 5.74) is 3.41. The van der Waals surface area contributed by atoms with Gasteiger partial charge in [0, 0.05) is 35.3 Å². The summed E-state index contributed by atoms with van der Waals surface area (Å²) < 4.78 is 26.1. The van der Waals surface area contributed by atoms with E-state index in [0.717, 1.165) is 28.6 Å². The van der Waals surface area contributed by atoms with Gasteiger partial charge in [-0.05, 0) is 87.1 Å². The first-order chi connectivity index (χ1) is 24.3. The van der Waals surface area contributed by atoms with Crippen molar-refractivity contribution in [1.82, 2.24) is 14.7 Å². The molecule has 11 nitrogen and oxygen atoms in total. The van der Waals surface area contributed by atoms with Gasteiger partial charge in [0.1, 0.15) is 11.7 Å². The number of nitrogens with two attached hydrogens (primary N) is 1. The van der Waals surface area contributed by atoms with Crippen molar-refractivity contribution in [2.75, 3.05) is 12.3 Å². The van der Waals surface area contributed by atoms with Gasteiger partial charge in [0.2, 0.25) is 11.0 Å². The zero-order chi connectivity index (χ0) is 36.5. The van der Waals surface area contributed by atoms with E-state index in [0.29, 0.717) is 56.3 Å². The number of allylic oxidation sites excluding steroid dienone is 1. The smallest absolute Gasteiger partial charge is 0.306 e. The van der Waals surface area contributed by atoms with Gasteiger partial charge in [-0.25, -0.2) is 9.07 Å². The number of hydrogen-bond acceptors (Lipinski definition) is 9. The van der Waals surface area contributed by atoms with Crippen LogP contribution in [-0.4, -0.2) is 78.4 Å². The molecule has 0 unspecified atom stereocenters. The Hall–Kier alpha value is -4.02. The average Bonchev–Trinajstić information content (AvgIpc) is 3.83. The monoisotopic (exact) mass is 717 g/mol. The van der Waals surface area contributed by atoms with Crippen molar-refractivity contribution in [3.63, 3.8) is 0 Å². The van der Waals surface area contributed by atoms with Crippen LogP contribution in [-0.2, 0) is 25.5 Å². The van der Waals surface area contributed by atoms with Gasteiger partial charge in [-0.3, -0.25) is 19.2 Å². The number of benzene rings is 1. The Morgan fingerprint density at radius 1 is 1.20 bits per heavy atom. The standard InChI is InChI=1S/C38H44FN5O6S/c1-4-31(46)50-37(34(49)51-16-14-40)13-12-26-27-11-10-24-18-29-23(19-35(24,2)38(27,39)30(45)20-36(26,37)3)21-42-44(29)25-8-5-7-22(17-25)33(48)43-15-6-9-28(43)32(41)47/h5,7-8,17-18,21,26-28,30,45H,4,6,9-13,15-16,19-20H2,1-3H3,(H2,41,47)/t26-,27-,28+,30-,35-,36-,37-,38-/m0/s1. The van der Waals surface area contributed by atoms with Crippen molar-refractivity contribution < 1.29 is 33.4 Å². The summed E-state index contributed by atoms with van der Waals surface area (Å²) in [4.78, 5) is 53.5. The molecule has 2 amide bonds. The Balaban J connectivity index is 1.21. The van der Waals surface area contributed by atoms with Crippen molar-refractivity contribution in [2.45, 2.75) is 102 Å². The van der Waals surface area contributed by atoms with E-state index in [1.165, 1.54) is 4.90 Å². The minimum absolute atomic E-state index is 0.0643. The number of amides is 2. The molecule has 0 bridgehead atoms. The third-order valence-electron chi connectivity index (χ3n) is 13.1. The first kappa shape index (κ1) is 35.4. The number of ether oxygens (including phenoxy) is 1.